The van der Waals surface area contributed by atoms with Gasteiger partial charge < -0.3 is 65.0 Å². The van der Waals surface area contributed by atoms with Crippen molar-refractivity contribution < 1.29 is 78.7 Å². The second kappa shape index (κ2) is 43.4. The van der Waals surface area contributed by atoms with Gasteiger partial charge in [0.25, 0.3) is 17.7 Å². The van der Waals surface area contributed by atoms with Crippen molar-refractivity contribution in [1.29, 1.82) is 0 Å². The Hall–Kier alpha value is -8.64. The molecule has 17 rings (SSSR count). The van der Waals surface area contributed by atoms with Crippen molar-refractivity contribution in [3.63, 3.8) is 0 Å². The zero-order valence-corrected chi connectivity index (χ0v) is 81.0. The van der Waals surface area contributed by atoms with Gasteiger partial charge in [-0.05, 0) is 328 Å². The summed E-state index contributed by atoms with van der Waals surface area (Å²) in [5, 5.41) is 23.0. The lowest BCUT2D eigenvalue weighted by atomic mass is 9.85. The van der Waals surface area contributed by atoms with E-state index in [-0.39, 0.29) is 119 Å². The van der Waals surface area contributed by atoms with Gasteiger partial charge in [0.05, 0.1) is 69.8 Å². The van der Waals surface area contributed by atoms with E-state index in [1.807, 2.05) is 76.2 Å². The summed E-state index contributed by atoms with van der Waals surface area (Å²) in [5.41, 5.74) is 10.8. The van der Waals surface area contributed by atoms with Gasteiger partial charge in [-0.15, -0.1) is 37.9 Å². The largest absolute Gasteiger partial charge is 0.513 e. The summed E-state index contributed by atoms with van der Waals surface area (Å²) >= 11 is 33.4. The molecule has 3 saturated carbocycles. The number of anilines is 6. The summed E-state index contributed by atoms with van der Waals surface area (Å²) in [6, 6.07) is 35.5. The van der Waals surface area contributed by atoms with Crippen molar-refractivity contribution >= 4 is 178 Å². The number of H-pyrrole nitrogens is 2. The highest BCUT2D eigenvalue weighted by atomic mass is 79.9. The number of amides is 5. The summed E-state index contributed by atoms with van der Waals surface area (Å²) in [6.07, 6.45) is 13.7. The predicted molar refractivity (Wildman–Crippen MR) is 508 cm³/mol. The van der Waals surface area contributed by atoms with Crippen molar-refractivity contribution in [3.05, 3.63) is 181 Å². The van der Waals surface area contributed by atoms with Crippen molar-refractivity contribution in [2.24, 2.45) is 5.73 Å². The first-order valence-electron chi connectivity index (χ1n) is 43.8. The van der Waals surface area contributed by atoms with Gasteiger partial charge in [0.2, 0.25) is 17.1 Å². The number of piperidine rings is 2. The number of rotatable bonds is 21. The number of benzene rings is 6. The molecule has 7 N–H and O–H groups in total. The number of nitrogens with two attached hydrogens (primary N) is 1. The van der Waals surface area contributed by atoms with Crippen molar-refractivity contribution in [2.45, 2.75) is 260 Å². The van der Waals surface area contributed by atoms with E-state index in [0.29, 0.717) is 76.2 Å². The van der Waals surface area contributed by atoms with Gasteiger partial charge in [-0.25, -0.2) is 4.79 Å². The minimum Gasteiger partial charge on any atom is -0.420 e. The highest BCUT2D eigenvalue weighted by Gasteiger charge is 2.56. The fourth-order valence-electron chi connectivity index (χ4n) is 19.3. The number of aromatic amines is 2. The van der Waals surface area contributed by atoms with Crippen LogP contribution in [0.4, 0.5) is 65.3 Å². The highest BCUT2D eigenvalue weighted by Crippen LogP contribution is 2.58. The van der Waals surface area contributed by atoms with E-state index in [1.165, 1.54) is 59.8 Å². The van der Waals surface area contributed by atoms with Crippen molar-refractivity contribution in [2.75, 3.05) is 49.6 Å². The van der Waals surface area contributed by atoms with E-state index < -0.39 is 17.4 Å². The number of nitrogens with zero attached hydrogens (tertiary/aromatic N) is 7. The van der Waals surface area contributed by atoms with Crippen LogP contribution in [-0.4, -0.2) is 174 Å². The van der Waals surface area contributed by atoms with Gasteiger partial charge >= 0.3 is 24.5 Å². The summed E-state index contributed by atoms with van der Waals surface area (Å²) in [7, 11) is -0.331. The molecule has 9 unspecified atom stereocenters. The number of likely N-dealkylation sites (tertiary alicyclic amines) is 2. The molecule has 3 saturated heterocycles. The van der Waals surface area contributed by atoms with E-state index in [9.17, 15) is 55.1 Å². The average molecular weight is 2040 g/mol. The second-order valence-electron chi connectivity index (χ2n) is 35.5. The molecule has 38 heteroatoms. The number of carbonyl (C=O) groups is 7. The molecule has 9 aliphatic rings. The molecule has 9 atom stereocenters. The fraction of sp³-hybridized carbons (Fsp3) is 0.473. The third-order valence-corrected chi connectivity index (χ3v) is 27.5. The maximum atomic E-state index is 13.5. The quantitative estimate of drug-likeness (QED) is 0.0128. The zero-order chi connectivity index (χ0) is 95.0. The number of fused-ring (bicyclic) bond motifs is 9. The standard InChI is InChI=1S/C30H32ClF2N5O3.C27H29BrClF2N3O3.C21H23BrClN3O.C9H15BN2O2.C5H8Cl2O.CF2O/c1-17(2)38-27-22(21-10-11-25(28(21)38)37-14-4-3-5-26(37)39)15-18(16-23(27)24-12-13-34-36-24)29(40)35-19-6-8-20(9-7-19)41-30(31,32)33;1-15(2)34-24-20(19-10-11-22(25(19)34)33-12-4-3-5-23(33)35)13-16(14-21(24)28)26(36)32-17-6-8-18(9-7-17)37-27(29,30)31;1-11(2)26-19-16(15-7-8-18(24)20(15)26)9-12(10-17(19)22)21(27)25-14-5-3-13(23)4-6-14;1-8(2)9(3,4)14-10(13-8)7-5-6-11-12-7;6-4-2-1-3-5(7)8;2-1(3)4/h6-9,12-13,15-17,21,25,28H,3-5,10-11,14H2,1-2H3,(H,34,36)(H,35,40);6-9,13-15,19,22,25H,3-5,10-12H2,1-2H3,(H,32,36);3-6,9-11,15,18,20H,7-8,24H2,1-2H3,(H,25,27);5-6H,1-4H3,(H,11,12);1-4H2;. The van der Waals surface area contributed by atoms with E-state index in [0.717, 1.165) is 144 Å². The first-order valence-corrected chi connectivity index (χ1v) is 47.5. The number of aromatic nitrogens is 4. The first kappa shape index (κ1) is 101. The van der Waals surface area contributed by atoms with Gasteiger partial charge in [0.15, 0.2) is 0 Å². The Bertz CT molecular complexity index is 5340. The molecule has 0 radical (unpaired) electrons. The molecule has 131 heavy (non-hydrogen) atoms. The molecule has 8 aromatic rings. The number of halogens is 13. The molecule has 24 nitrogen and oxygen atoms in total. The summed E-state index contributed by atoms with van der Waals surface area (Å²) in [6.45, 7) is 22.8. The third-order valence-electron chi connectivity index (χ3n) is 25.4. The van der Waals surface area contributed by atoms with E-state index in [4.69, 9.17) is 77.8 Å². The Labute approximate surface area is 800 Å². The SMILES string of the molecule is CC(C)N1c2c(-c3ccn[nH]3)cc(C(=O)Nc3ccc(OC(F)(F)Cl)cc3)cc2C2CCC(N3CCCCC3=O)C21.CC(C)N1c2c(Br)cc(C(=O)Nc3ccc(Cl)cc3)cc2C2CCC(N)C21.CC(C)N1c2c(Br)cc(C(=O)Nc3ccc(OC(F)(F)Cl)cc3)cc2C2CCC(N3CCCCC3=O)C21.CC1(C)OB(c2ccn[nH]2)OC1(C)C.O=C(Cl)CCCCCl.O=C(F)F. The molecule has 6 fully saturated rings. The van der Waals surface area contributed by atoms with Crippen LogP contribution in [0.2, 0.25) is 5.02 Å². The van der Waals surface area contributed by atoms with Gasteiger partial charge in [-0.2, -0.15) is 10.2 Å². The predicted octanol–water partition coefficient (Wildman–Crippen LogP) is 22.1. The van der Waals surface area contributed by atoms with Crippen LogP contribution in [0.25, 0.3) is 11.3 Å². The van der Waals surface area contributed by atoms with Crippen LogP contribution >= 0.6 is 89.9 Å². The van der Waals surface area contributed by atoms with Crippen molar-refractivity contribution in [3.8, 4) is 22.8 Å². The minimum atomic E-state index is -3.82. The Kier molecular flexibility index (Phi) is 33.5. The monoisotopic (exact) mass is 2040 g/mol. The molecule has 0 spiro atoms. The molecule has 6 aromatic carbocycles. The van der Waals surface area contributed by atoms with Gasteiger partial charge in [0, 0.05) is 169 Å². The molecule has 2 aromatic heterocycles. The molecular formula is C93H107BBr2Cl5F6N13O11. The van der Waals surface area contributed by atoms with Crippen LogP contribution in [0.15, 0.2) is 143 Å². The third kappa shape index (κ3) is 24.4. The summed E-state index contributed by atoms with van der Waals surface area (Å²) < 4.78 is 93.1. The van der Waals surface area contributed by atoms with E-state index in [2.05, 4.69) is 144 Å². The number of nitrogens with one attached hydrogen (secondary N) is 5. The lowest BCUT2D eigenvalue weighted by Crippen LogP contribution is -2.53. The fourth-order valence-corrected chi connectivity index (χ4v) is 21.3. The Balaban J connectivity index is 0.000000158. The van der Waals surface area contributed by atoms with Crippen LogP contribution in [0, 0.1) is 0 Å². The molecule has 5 amide bonds. The highest BCUT2D eigenvalue weighted by molar-refractivity contribution is 9.11. The van der Waals surface area contributed by atoms with Crippen LogP contribution in [0.1, 0.15) is 231 Å². The molecule has 6 aliphatic heterocycles. The summed E-state index contributed by atoms with van der Waals surface area (Å²) in [5.74, 6) is 0.911. The maximum Gasteiger partial charge on any atom is 0.513 e. The van der Waals surface area contributed by atoms with Crippen LogP contribution in [0.3, 0.4) is 0 Å². The second-order valence-corrected chi connectivity index (χ2v) is 39.3. The van der Waals surface area contributed by atoms with Crippen LogP contribution < -0.4 is 51.5 Å². The Morgan fingerprint density at radius 1 is 0.557 bits per heavy atom. The number of hydrogen-bond donors (Lipinski definition) is 6. The molecule has 3 aliphatic carbocycles. The van der Waals surface area contributed by atoms with Crippen LogP contribution in [-0.2, 0) is 23.7 Å². The number of alkyl halides is 7. The van der Waals surface area contributed by atoms with Crippen LogP contribution in [0.5, 0.6) is 11.5 Å². The Morgan fingerprint density at radius 2 is 0.947 bits per heavy atom. The van der Waals surface area contributed by atoms with E-state index >= 15 is 0 Å². The lowest BCUT2D eigenvalue weighted by molar-refractivity contribution is -0.136. The number of hydrogen-bond acceptors (Lipinski definition) is 17. The normalized spacial score (nSPS) is 21.7. The number of unbranched alkanes of at least 4 members (excludes halogenated alkanes) is 1. The Morgan fingerprint density at radius 3 is 1.34 bits per heavy atom. The topological polar surface area (TPSA) is 292 Å². The number of carbonyl (C=O) groups excluding carboxylic acids is 7. The van der Waals surface area contributed by atoms with E-state index in [1.54, 1.807) is 36.7 Å². The minimum absolute atomic E-state index is 0.110. The van der Waals surface area contributed by atoms with Crippen molar-refractivity contribution in [1.82, 2.24) is 30.2 Å². The molecular weight excluding hydrogens is 1940 g/mol. The smallest absolute Gasteiger partial charge is 0.420 e. The van der Waals surface area contributed by atoms with Gasteiger partial charge in [-0.1, -0.05) is 11.6 Å². The van der Waals surface area contributed by atoms with Gasteiger partial charge in [0.1, 0.15) is 11.5 Å². The zero-order valence-electron chi connectivity index (χ0n) is 74.0. The maximum absolute atomic E-state index is 13.5. The molecule has 8 heterocycles. The lowest BCUT2D eigenvalue weighted by Gasteiger charge is -2.42. The van der Waals surface area contributed by atoms with Gasteiger partial charge in [-0.3, -0.25) is 39.0 Å². The summed E-state index contributed by atoms with van der Waals surface area (Å²) in [4.78, 5) is 94.9. The first-order chi connectivity index (χ1) is 61.9. The molecule has 704 valence electrons. The molecule has 0 bridgehead atoms. The average Bonchev–Trinajstić information content (AvgIpc) is 1.57. The number of ether oxygens (including phenoxy) is 2.